The molecule has 3 rings (SSSR count). The van der Waals surface area contributed by atoms with E-state index in [2.05, 4.69) is 4.98 Å². The summed E-state index contributed by atoms with van der Waals surface area (Å²) in [5.41, 5.74) is 1.55. The smallest absolute Gasteiger partial charge is 0.184 e. The first-order valence-corrected chi connectivity index (χ1v) is 8.64. The fourth-order valence-corrected chi connectivity index (χ4v) is 4.10. The molecular weight excluding hydrogens is 325 g/mol. The van der Waals surface area contributed by atoms with Crippen LogP contribution in [0.3, 0.4) is 0 Å². The first-order chi connectivity index (χ1) is 10.4. The Morgan fingerprint density at radius 2 is 1.95 bits per heavy atom. The standard InChI is InChI=1S/C16H13ClFNO2S/c1-10-2-3-11(14(18)6-10)9-22(20,21)16-8-19-15-7-12(17)4-5-13(15)16/h2-8,19H,9H2,1H3. The Morgan fingerprint density at radius 1 is 1.18 bits per heavy atom. The third-order valence-electron chi connectivity index (χ3n) is 3.49. The number of aromatic nitrogens is 1. The molecule has 6 heteroatoms. The van der Waals surface area contributed by atoms with Gasteiger partial charge in [-0.15, -0.1) is 0 Å². The number of benzene rings is 2. The Labute approximate surface area is 132 Å². The molecule has 0 amide bonds. The van der Waals surface area contributed by atoms with E-state index in [4.69, 9.17) is 11.6 Å². The van der Waals surface area contributed by atoms with Gasteiger partial charge in [0.2, 0.25) is 0 Å². The molecule has 0 saturated heterocycles. The van der Waals surface area contributed by atoms with E-state index in [1.54, 1.807) is 31.2 Å². The average molecular weight is 338 g/mol. The van der Waals surface area contributed by atoms with E-state index in [-0.39, 0.29) is 16.2 Å². The van der Waals surface area contributed by atoms with E-state index in [0.717, 1.165) is 5.56 Å². The lowest BCUT2D eigenvalue weighted by Gasteiger charge is -2.06. The molecule has 0 spiro atoms. The van der Waals surface area contributed by atoms with Gasteiger partial charge >= 0.3 is 0 Å². The van der Waals surface area contributed by atoms with Crippen LogP contribution in [0.15, 0.2) is 47.5 Å². The van der Waals surface area contributed by atoms with Crippen molar-refractivity contribution >= 4 is 32.3 Å². The van der Waals surface area contributed by atoms with Gasteiger partial charge in [-0.25, -0.2) is 12.8 Å². The number of H-pyrrole nitrogens is 1. The van der Waals surface area contributed by atoms with Crippen LogP contribution in [0, 0.1) is 12.7 Å². The molecule has 114 valence electrons. The number of aryl methyl sites for hydroxylation is 1. The van der Waals surface area contributed by atoms with Crippen LogP contribution >= 0.6 is 11.6 Å². The maximum absolute atomic E-state index is 13.9. The van der Waals surface area contributed by atoms with Crippen molar-refractivity contribution in [3.05, 3.63) is 64.6 Å². The van der Waals surface area contributed by atoms with Gasteiger partial charge in [-0.1, -0.05) is 29.8 Å². The molecule has 0 bridgehead atoms. The van der Waals surface area contributed by atoms with Crippen LogP contribution in [0.2, 0.25) is 5.02 Å². The number of fused-ring (bicyclic) bond motifs is 1. The molecule has 0 atom stereocenters. The van der Waals surface area contributed by atoms with E-state index in [1.807, 2.05) is 0 Å². The summed E-state index contributed by atoms with van der Waals surface area (Å²) in [5.74, 6) is -0.888. The molecule has 0 aliphatic heterocycles. The monoisotopic (exact) mass is 337 g/mol. The summed E-state index contributed by atoms with van der Waals surface area (Å²) in [4.78, 5) is 3.04. The SMILES string of the molecule is Cc1ccc(CS(=O)(=O)c2c[nH]c3cc(Cl)ccc23)c(F)c1. The largest absolute Gasteiger partial charge is 0.360 e. The Kier molecular flexibility index (Phi) is 3.70. The van der Waals surface area contributed by atoms with Crippen molar-refractivity contribution in [3.8, 4) is 0 Å². The molecule has 0 unspecified atom stereocenters. The minimum absolute atomic E-state index is 0.152. The second-order valence-electron chi connectivity index (χ2n) is 5.20. The Balaban J connectivity index is 2.05. The molecule has 3 nitrogen and oxygen atoms in total. The molecular formula is C16H13ClFNO2S. The van der Waals surface area contributed by atoms with Gasteiger partial charge in [0.15, 0.2) is 9.84 Å². The lowest BCUT2D eigenvalue weighted by atomic mass is 10.2. The van der Waals surface area contributed by atoms with Crippen molar-refractivity contribution in [1.29, 1.82) is 0 Å². The van der Waals surface area contributed by atoms with Gasteiger partial charge in [-0.3, -0.25) is 0 Å². The first kappa shape index (κ1) is 15.1. The van der Waals surface area contributed by atoms with Crippen LogP contribution in [-0.2, 0) is 15.6 Å². The number of aromatic amines is 1. The van der Waals surface area contributed by atoms with Crippen molar-refractivity contribution in [2.45, 2.75) is 17.6 Å². The fourth-order valence-electron chi connectivity index (χ4n) is 2.38. The Hall–Kier alpha value is -1.85. The number of nitrogens with one attached hydrogen (secondary N) is 1. The summed E-state index contributed by atoms with van der Waals surface area (Å²) < 4.78 is 39.1. The van der Waals surface area contributed by atoms with E-state index in [1.165, 1.54) is 18.3 Å². The van der Waals surface area contributed by atoms with Crippen LogP contribution in [0.25, 0.3) is 10.9 Å². The summed E-state index contributed by atoms with van der Waals surface area (Å²) in [6, 6.07) is 9.47. The summed E-state index contributed by atoms with van der Waals surface area (Å²) in [7, 11) is -3.66. The zero-order valence-corrected chi connectivity index (χ0v) is 13.3. The fraction of sp³-hybridized carbons (Fsp3) is 0.125. The molecule has 0 radical (unpaired) electrons. The topological polar surface area (TPSA) is 49.9 Å². The molecule has 22 heavy (non-hydrogen) atoms. The lowest BCUT2D eigenvalue weighted by Crippen LogP contribution is -2.06. The zero-order valence-electron chi connectivity index (χ0n) is 11.7. The van der Waals surface area contributed by atoms with Gasteiger partial charge in [-0.05, 0) is 30.7 Å². The molecule has 0 saturated carbocycles. The highest BCUT2D eigenvalue weighted by molar-refractivity contribution is 7.90. The predicted molar refractivity (Wildman–Crippen MR) is 85.3 cm³/mol. The van der Waals surface area contributed by atoms with Crippen molar-refractivity contribution in [1.82, 2.24) is 4.98 Å². The average Bonchev–Trinajstić information content (AvgIpc) is 2.85. The number of hydrogen-bond donors (Lipinski definition) is 1. The molecule has 1 aromatic heterocycles. The van der Waals surface area contributed by atoms with Gasteiger partial charge in [0.05, 0.1) is 10.6 Å². The number of hydrogen-bond acceptors (Lipinski definition) is 2. The third kappa shape index (κ3) is 2.74. The van der Waals surface area contributed by atoms with E-state index < -0.39 is 15.7 Å². The normalized spacial score (nSPS) is 12.0. The van der Waals surface area contributed by atoms with E-state index in [0.29, 0.717) is 15.9 Å². The molecule has 3 aromatic rings. The summed E-state index contributed by atoms with van der Waals surface area (Å²) >= 11 is 5.89. The highest BCUT2D eigenvalue weighted by atomic mass is 35.5. The molecule has 1 N–H and O–H groups in total. The van der Waals surface area contributed by atoms with Crippen LogP contribution in [0.4, 0.5) is 4.39 Å². The quantitative estimate of drug-likeness (QED) is 0.777. The van der Waals surface area contributed by atoms with E-state index in [9.17, 15) is 12.8 Å². The molecule has 2 aromatic carbocycles. The van der Waals surface area contributed by atoms with Gasteiger partial charge < -0.3 is 4.98 Å². The van der Waals surface area contributed by atoms with Crippen LogP contribution in [-0.4, -0.2) is 13.4 Å². The second kappa shape index (κ2) is 5.41. The zero-order chi connectivity index (χ0) is 15.9. The number of halogens is 2. The molecule has 0 aliphatic rings. The van der Waals surface area contributed by atoms with Gasteiger partial charge in [0, 0.05) is 27.7 Å². The third-order valence-corrected chi connectivity index (χ3v) is 5.43. The molecule has 0 fully saturated rings. The first-order valence-electron chi connectivity index (χ1n) is 6.61. The minimum Gasteiger partial charge on any atom is -0.360 e. The van der Waals surface area contributed by atoms with Crippen molar-refractivity contribution in [3.63, 3.8) is 0 Å². The molecule has 0 aliphatic carbocycles. The Bertz CT molecular complexity index is 963. The van der Waals surface area contributed by atoms with E-state index >= 15 is 0 Å². The molecule has 1 heterocycles. The summed E-state index contributed by atoms with van der Waals surface area (Å²) in [6.45, 7) is 1.75. The second-order valence-corrected chi connectivity index (χ2v) is 7.59. The highest BCUT2D eigenvalue weighted by Gasteiger charge is 2.21. The van der Waals surface area contributed by atoms with Crippen molar-refractivity contribution in [2.75, 3.05) is 0 Å². The minimum atomic E-state index is -3.66. The maximum atomic E-state index is 13.9. The van der Waals surface area contributed by atoms with Crippen LogP contribution in [0.5, 0.6) is 0 Å². The lowest BCUT2D eigenvalue weighted by molar-refractivity contribution is 0.587. The van der Waals surface area contributed by atoms with Crippen LogP contribution < -0.4 is 0 Å². The van der Waals surface area contributed by atoms with Gasteiger partial charge in [0.1, 0.15) is 5.82 Å². The highest BCUT2D eigenvalue weighted by Crippen LogP contribution is 2.28. The summed E-state index contributed by atoms with van der Waals surface area (Å²) in [5, 5.41) is 1.07. The predicted octanol–water partition coefficient (Wildman–Crippen LogP) is 4.24. The maximum Gasteiger partial charge on any atom is 0.184 e. The summed E-state index contributed by atoms with van der Waals surface area (Å²) in [6.07, 6.45) is 1.42. The van der Waals surface area contributed by atoms with Crippen molar-refractivity contribution in [2.24, 2.45) is 0 Å². The van der Waals surface area contributed by atoms with Gasteiger partial charge in [0.25, 0.3) is 0 Å². The van der Waals surface area contributed by atoms with Gasteiger partial charge in [-0.2, -0.15) is 0 Å². The number of rotatable bonds is 3. The van der Waals surface area contributed by atoms with Crippen molar-refractivity contribution < 1.29 is 12.8 Å². The Morgan fingerprint density at radius 3 is 2.68 bits per heavy atom. The number of sulfone groups is 1. The van der Waals surface area contributed by atoms with Crippen LogP contribution in [0.1, 0.15) is 11.1 Å².